The summed E-state index contributed by atoms with van der Waals surface area (Å²) >= 11 is 1.04. The monoisotopic (exact) mass is 409 g/mol. The fraction of sp³-hybridized carbons (Fsp3) is 0.211. The largest absolute Gasteiger partial charge is 0.294 e. The summed E-state index contributed by atoms with van der Waals surface area (Å²) in [6.07, 6.45) is 2.73. The second-order valence-electron chi connectivity index (χ2n) is 6.20. The molecule has 0 saturated carbocycles. The number of Topliss-reactive ketones (excluding diaryl/α,β-unsaturated/α-hetero) is 1. The quantitative estimate of drug-likeness (QED) is 0.763. The number of halogens is 2. The van der Waals surface area contributed by atoms with Crippen LogP contribution < -0.4 is 4.72 Å². The number of carbonyl (C=O) groups is 1. The van der Waals surface area contributed by atoms with Gasteiger partial charge in [0, 0.05) is 17.4 Å². The first-order valence-electron chi connectivity index (χ1n) is 8.22. The molecule has 0 atom stereocenters. The molecule has 2 aromatic rings. The number of hydrogen-bond acceptors (Lipinski definition) is 4. The second kappa shape index (κ2) is 7.36. The molecule has 0 unspecified atom stereocenters. The van der Waals surface area contributed by atoms with Crippen molar-refractivity contribution >= 4 is 38.4 Å². The van der Waals surface area contributed by atoms with Crippen LogP contribution in [0, 0.1) is 11.6 Å². The Kier molecular flexibility index (Phi) is 5.30. The molecule has 0 bridgehead atoms. The average molecular weight is 409 g/mol. The van der Waals surface area contributed by atoms with Gasteiger partial charge in [0.05, 0.1) is 5.69 Å². The molecule has 4 nitrogen and oxygen atoms in total. The first-order valence-corrected chi connectivity index (χ1v) is 10.5. The van der Waals surface area contributed by atoms with Crippen molar-refractivity contribution in [1.29, 1.82) is 0 Å². The fourth-order valence-electron chi connectivity index (χ4n) is 2.84. The molecule has 0 radical (unpaired) electrons. The number of rotatable bonds is 5. The molecule has 1 aliphatic rings. The van der Waals surface area contributed by atoms with E-state index >= 15 is 0 Å². The number of sulfonamides is 1. The van der Waals surface area contributed by atoms with E-state index in [1.54, 1.807) is 12.1 Å². The highest BCUT2D eigenvalue weighted by molar-refractivity contribution is 7.94. The number of ketones is 1. The Morgan fingerprint density at radius 2 is 1.81 bits per heavy atom. The number of anilines is 1. The van der Waals surface area contributed by atoms with Gasteiger partial charge in [-0.05, 0) is 54.8 Å². The number of thiophene rings is 1. The lowest BCUT2D eigenvalue weighted by Gasteiger charge is -2.15. The molecule has 1 heterocycles. The zero-order chi connectivity index (χ0) is 19.8. The van der Waals surface area contributed by atoms with Crippen LogP contribution in [0.2, 0.25) is 0 Å². The Hall–Kier alpha value is -2.32. The lowest BCUT2D eigenvalue weighted by molar-refractivity contribution is -0.115. The maximum atomic E-state index is 13.3. The highest BCUT2D eigenvalue weighted by Gasteiger charge is 2.22. The molecule has 27 heavy (non-hydrogen) atoms. The van der Waals surface area contributed by atoms with Gasteiger partial charge < -0.3 is 0 Å². The van der Waals surface area contributed by atoms with Crippen molar-refractivity contribution in [3.63, 3.8) is 0 Å². The summed E-state index contributed by atoms with van der Waals surface area (Å²) < 4.78 is 53.9. The molecule has 1 aromatic heterocycles. The lowest BCUT2D eigenvalue weighted by Crippen LogP contribution is -2.11. The number of benzene rings is 1. The summed E-state index contributed by atoms with van der Waals surface area (Å²) in [5, 5.41) is 0. The van der Waals surface area contributed by atoms with Gasteiger partial charge in [-0.2, -0.15) is 0 Å². The van der Waals surface area contributed by atoms with E-state index < -0.39 is 21.7 Å². The summed E-state index contributed by atoms with van der Waals surface area (Å²) in [6, 6.07) is 5.59. The second-order valence-corrected chi connectivity index (χ2v) is 9.19. The van der Waals surface area contributed by atoms with Gasteiger partial charge in [-0.1, -0.05) is 12.5 Å². The molecule has 0 amide bonds. The number of hydrogen-bond donors (Lipinski definition) is 1. The molecule has 0 aliphatic heterocycles. The van der Waals surface area contributed by atoms with Crippen molar-refractivity contribution in [2.24, 2.45) is 0 Å². The molecular formula is C19H17F2NO3S2. The molecule has 1 aliphatic carbocycles. The van der Waals surface area contributed by atoms with E-state index in [4.69, 9.17) is 0 Å². The van der Waals surface area contributed by atoms with E-state index in [0.717, 1.165) is 39.5 Å². The first-order chi connectivity index (χ1) is 12.7. The summed E-state index contributed by atoms with van der Waals surface area (Å²) in [5.41, 5.74) is 2.24. The smallest absolute Gasteiger partial charge is 0.271 e. The van der Waals surface area contributed by atoms with Crippen LogP contribution >= 0.6 is 11.3 Å². The molecule has 8 heteroatoms. The van der Waals surface area contributed by atoms with Gasteiger partial charge in [-0.15, -0.1) is 11.3 Å². The summed E-state index contributed by atoms with van der Waals surface area (Å²) in [6.45, 7) is 3.74. The van der Waals surface area contributed by atoms with Gasteiger partial charge in [0.2, 0.25) is 0 Å². The standard InChI is InChI=1S/C19H17F2NO3S2/c1-3-12-7-16(11(2)6-17(12)23)18-4-5-19(26-18)27(24,25)22-15-9-13(20)8-14(21)10-15/h4-5,7-10,22H,3,6H2,1-2H3. The Bertz CT molecular complexity index is 1060. The maximum Gasteiger partial charge on any atom is 0.271 e. The Morgan fingerprint density at radius 3 is 2.44 bits per heavy atom. The molecule has 1 N–H and O–H groups in total. The SMILES string of the molecule is CCC1=CC(c2ccc(S(=O)(=O)Nc3cc(F)cc(F)c3)s2)=C(C)CC1=O. The topological polar surface area (TPSA) is 63.2 Å². The fourth-order valence-corrected chi connectivity index (χ4v) is 5.28. The summed E-state index contributed by atoms with van der Waals surface area (Å²) in [5.74, 6) is -1.66. The number of nitrogens with one attached hydrogen (secondary N) is 1. The van der Waals surface area contributed by atoms with Crippen LogP contribution in [0.25, 0.3) is 5.57 Å². The maximum absolute atomic E-state index is 13.3. The third kappa shape index (κ3) is 4.17. The minimum atomic E-state index is -3.99. The summed E-state index contributed by atoms with van der Waals surface area (Å²) in [4.78, 5) is 12.7. The van der Waals surface area contributed by atoms with Gasteiger partial charge in [-0.3, -0.25) is 9.52 Å². The predicted octanol–water partition coefficient (Wildman–Crippen LogP) is 4.91. The lowest BCUT2D eigenvalue weighted by atomic mass is 9.90. The van der Waals surface area contributed by atoms with Gasteiger partial charge >= 0.3 is 0 Å². The molecule has 0 saturated heterocycles. The van der Waals surface area contributed by atoms with Crippen molar-refractivity contribution in [3.8, 4) is 0 Å². The Morgan fingerprint density at radius 1 is 1.15 bits per heavy atom. The molecule has 142 valence electrons. The van der Waals surface area contributed by atoms with Crippen molar-refractivity contribution in [1.82, 2.24) is 0 Å². The van der Waals surface area contributed by atoms with E-state index in [1.165, 1.54) is 6.07 Å². The van der Waals surface area contributed by atoms with E-state index in [-0.39, 0.29) is 15.7 Å². The van der Waals surface area contributed by atoms with E-state index in [1.807, 2.05) is 13.8 Å². The average Bonchev–Trinajstić information content (AvgIpc) is 3.04. The minimum absolute atomic E-state index is 0.0193. The van der Waals surface area contributed by atoms with E-state index in [2.05, 4.69) is 4.72 Å². The zero-order valence-corrected chi connectivity index (χ0v) is 16.3. The Balaban J connectivity index is 1.92. The van der Waals surface area contributed by atoms with Crippen LogP contribution in [-0.2, 0) is 14.8 Å². The van der Waals surface area contributed by atoms with Crippen molar-refractivity contribution in [2.75, 3.05) is 4.72 Å². The Labute approximate surface area is 160 Å². The number of allylic oxidation sites excluding steroid dienone is 4. The van der Waals surface area contributed by atoms with Crippen LogP contribution in [0.5, 0.6) is 0 Å². The molecule has 0 fully saturated rings. The van der Waals surface area contributed by atoms with Gasteiger partial charge in [0.15, 0.2) is 5.78 Å². The first kappa shape index (κ1) is 19.4. The van der Waals surface area contributed by atoms with Crippen LogP contribution in [0.3, 0.4) is 0 Å². The van der Waals surface area contributed by atoms with Crippen LogP contribution in [0.1, 0.15) is 31.6 Å². The molecule has 1 aromatic carbocycles. The van der Waals surface area contributed by atoms with Crippen molar-refractivity contribution in [2.45, 2.75) is 30.9 Å². The normalized spacial score (nSPS) is 15.1. The minimum Gasteiger partial charge on any atom is -0.294 e. The van der Waals surface area contributed by atoms with E-state index in [9.17, 15) is 22.0 Å². The van der Waals surface area contributed by atoms with Crippen LogP contribution in [0.15, 0.2) is 51.8 Å². The van der Waals surface area contributed by atoms with Gasteiger partial charge in [0.1, 0.15) is 15.8 Å². The predicted molar refractivity (Wildman–Crippen MR) is 102 cm³/mol. The molecular weight excluding hydrogens is 392 g/mol. The summed E-state index contributed by atoms with van der Waals surface area (Å²) in [7, 11) is -3.99. The third-order valence-electron chi connectivity index (χ3n) is 4.17. The van der Waals surface area contributed by atoms with Crippen molar-refractivity contribution < 1.29 is 22.0 Å². The van der Waals surface area contributed by atoms with Gasteiger partial charge in [-0.25, -0.2) is 17.2 Å². The van der Waals surface area contributed by atoms with Crippen LogP contribution in [-0.4, -0.2) is 14.2 Å². The zero-order valence-electron chi connectivity index (χ0n) is 14.7. The highest BCUT2D eigenvalue weighted by Crippen LogP contribution is 2.35. The molecule has 0 spiro atoms. The van der Waals surface area contributed by atoms with Gasteiger partial charge in [0.25, 0.3) is 10.0 Å². The van der Waals surface area contributed by atoms with Crippen molar-refractivity contribution in [3.05, 3.63) is 64.1 Å². The number of carbonyl (C=O) groups excluding carboxylic acids is 1. The van der Waals surface area contributed by atoms with Crippen LogP contribution in [0.4, 0.5) is 14.5 Å². The third-order valence-corrected chi connectivity index (χ3v) is 7.16. The van der Waals surface area contributed by atoms with E-state index in [0.29, 0.717) is 24.5 Å². The molecule has 3 rings (SSSR count). The highest BCUT2D eigenvalue weighted by atomic mass is 32.2.